The fraction of sp³-hybridized carbons (Fsp3) is 0.650. The van der Waals surface area contributed by atoms with Crippen LogP contribution in [-0.4, -0.2) is 80.4 Å². The van der Waals surface area contributed by atoms with Gasteiger partial charge in [0.15, 0.2) is 8.32 Å². The highest BCUT2D eigenvalue weighted by atomic mass is 28.4. The molecule has 0 unspecified atom stereocenters. The Morgan fingerprint density at radius 1 is 0.679 bits per heavy atom. The van der Waals surface area contributed by atoms with E-state index < -0.39 is 8.32 Å². The lowest BCUT2D eigenvalue weighted by molar-refractivity contribution is -0.0109. The van der Waals surface area contributed by atoms with Crippen LogP contribution in [0.25, 0.3) is 0 Å². The van der Waals surface area contributed by atoms with Crippen molar-refractivity contribution in [2.75, 3.05) is 66.1 Å². The van der Waals surface area contributed by atoms with Gasteiger partial charge in [0.05, 0.1) is 65.0 Å². The summed E-state index contributed by atoms with van der Waals surface area (Å²) in [6.07, 6.45) is 0. The average molecular weight is 415 g/mol. The third-order valence-corrected chi connectivity index (χ3v) is 4.42. The molecule has 0 heterocycles. The van der Waals surface area contributed by atoms with E-state index in [1.165, 1.54) is 0 Å². The molecule has 0 fully saturated rings. The maximum atomic E-state index is 11.7. The largest absolute Gasteiger partial charge is 0.460 e. The minimum atomic E-state index is -1.44. The molecule has 0 N–H and O–H groups in total. The van der Waals surface area contributed by atoms with Gasteiger partial charge in [0.1, 0.15) is 6.61 Å². The zero-order valence-electron chi connectivity index (χ0n) is 17.3. The summed E-state index contributed by atoms with van der Waals surface area (Å²) in [5, 5.41) is 0. The highest BCUT2D eigenvalue weighted by Crippen LogP contribution is 2.01. The Bertz CT molecular complexity index is 505. The molecular formula is C20H34O7Si. The Morgan fingerprint density at radius 2 is 1.11 bits per heavy atom. The molecular weight excluding hydrogens is 380 g/mol. The molecule has 0 amide bonds. The van der Waals surface area contributed by atoms with Gasteiger partial charge in [-0.05, 0) is 31.8 Å². The van der Waals surface area contributed by atoms with Crippen LogP contribution < -0.4 is 0 Å². The van der Waals surface area contributed by atoms with E-state index >= 15 is 0 Å². The molecule has 1 rings (SSSR count). The number of benzene rings is 1. The second-order valence-corrected chi connectivity index (χ2v) is 11.4. The van der Waals surface area contributed by atoms with Gasteiger partial charge in [-0.25, -0.2) is 4.79 Å². The number of rotatable bonds is 17. The third kappa shape index (κ3) is 14.7. The summed E-state index contributed by atoms with van der Waals surface area (Å²) in [6, 6.07) is 8.88. The molecule has 0 saturated carbocycles. The summed E-state index contributed by atoms with van der Waals surface area (Å²) in [5.74, 6) is -0.342. The number of hydrogen-bond acceptors (Lipinski definition) is 7. The minimum absolute atomic E-state index is 0.222. The zero-order valence-corrected chi connectivity index (χ0v) is 18.3. The van der Waals surface area contributed by atoms with Gasteiger partial charge in [-0.15, -0.1) is 0 Å². The molecule has 0 radical (unpaired) electrons. The molecule has 8 heteroatoms. The van der Waals surface area contributed by atoms with Crippen molar-refractivity contribution in [3.8, 4) is 0 Å². The van der Waals surface area contributed by atoms with E-state index in [1.807, 2.05) is 6.07 Å². The minimum Gasteiger partial charge on any atom is -0.460 e. The van der Waals surface area contributed by atoms with E-state index in [9.17, 15) is 4.79 Å². The zero-order chi connectivity index (χ0) is 20.5. The van der Waals surface area contributed by atoms with E-state index in [0.717, 1.165) is 0 Å². The molecule has 0 aromatic heterocycles. The van der Waals surface area contributed by atoms with E-state index in [-0.39, 0.29) is 12.6 Å². The maximum absolute atomic E-state index is 11.7. The van der Waals surface area contributed by atoms with Crippen LogP contribution in [0.4, 0.5) is 0 Å². The first-order chi connectivity index (χ1) is 13.5. The third-order valence-electron chi connectivity index (χ3n) is 3.35. The fourth-order valence-electron chi connectivity index (χ4n) is 2.02. The van der Waals surface area contributed by atoms with Gasteiger partial charge in [-0.3, -0.25) is 0 Å². The Kier molecular flexibility index (Phi) is 13.8. The summed E-state index contributed by atoms with van der Waals surface area (Å²) < 4.78 is 32.4. The molecule has 0 spiro atoms. The Labute approximate surface area is 169 Å². The summed E-state index contributed by atoms with van der Waals surface area (Å²) in [4.78, 5) is 11.7. The molecule has 0 aliphatic heterocycles. The molecule has 0 bridgehead atoms. The molecule has 0 atom stereocenters. The van der Waals surface area contributed by atoms with E-state index in [4.69, 9.17) is 28.1 Å². The SMILES string of the molecule is C[Si](C)(C)OCCOCCOCCOCCOCCOC(=O)c1ccccc1. The van der Waals surface area contributed by atoms with Crippen molar-refractivity contribution < 1.29 is 32.9 Å². The lowest BCUT2D eigenvalue weighted by atomic mass is 10.2. The molecule has 1 aromatic carbocycles. The first kappa shape index (κ1) is 24.7. The van der Waals surface area contributed by atoms with Crippen LogP contribution in [0, 0.1) is 0 Å². The molecule has 160 valence electrons. The predicted molar refractivity (Wildman–Crippen MR) is 109 cm³/mol. The van der Waals surface area contributed by atoms with Crippen LogP contribution in [-0.2, 0) is 28.1 Å². The second kappa shape index (κ2) is 15.6. The van der Waals surface area contributed by atoms with Gasteiger partial charge in [-0.2, -0.15) is 0 Å². The van der Waals surface area contributed by atoms with Crippen LogP contribution in [0.2, 0.25) is 19.6 Å². The van der Waals surface area contributed by atoms with Crippen LogP contribution in [0.1, 0.15) is 10.4 Å². The van der Waals surface area contributed by atoms with E-state index in [0.29, 0.717) is 65.0 Å². The highest BCUT2D eigenvalue weighted by molar-refractivity contribution is 6.69. The van der Waals surface area contributed by atoms with Gasteiger partial charge < -0.3 is 28.1 Å². The predicted octanol–water partition coefficient (Wildman–Crippen LogP) is 2.76. The lowest BCUT2D eigenvalue weighted by Crippen LogP contribution is -2.27. The summed E-state index contributed by atoms with van der Waals surface area (Å²) in [7, 11) is -1.44. The van der Waals surface area contributed by atoms with Crippen LogP contribution >= 0.6 is 0 Å². The van der Waals surface area contributed by atoms with Gasteiger partial charge in [0.2, 0.25) is 0 Å². The van der Waals surface area contributed by atoms with Gasteiger partial charge in [0, 0.05) is 0 Å². The Hall–Kier alpha value is -1.29. The summed E-state index contributed by atoms with van der Waals surface area (Å²) >= 11 is 0. The fourth-order valence-corrected chi connectivity index (χ4v) is 2.72. The molecule has 7 nitrogen and oxygen atoms in total. The molecule has 0 saturated heterocycles. The average Bonchev–Trinajstić information content (AvgIpc) is 2.67. The number of ether oxygens (including phenoxy) is 5. The normalized spacial score (nSPS) is 11.5. The van der Waals surface area contributed by atoms with Crippen molar-refractivity contribution in [3.05, 3.63) is 35.9 Å². The second-order valence-electron chi connectivity index (χ2n) is 6.91. The van der Waals surface area contributed by atoms with Crippen molar-refractivity contribution in [3.63, 3.8) is 0 Å². The number of hydrogen-bond donors (Lipinski definition) is 0. The topological polar surface area (TPSA) is 72.5 Å². The molecule has 0 aliphatic rings. The quantitative estimate of drug-likeness (QED) is 0.220. The Balaban J connectivity index is 1.77. The first-order valence-electron chi connectivity index (χ1n) is 9.66. The van der Waals surface area contributed by atoms with Crippen molar-refractivity contribution in [2.24, 2.45) is 0 Å². The molecule has 28 heavy (non-hydrogen) atoms. The van der Waals surface area contributed by atoms with Crippen LogP contribution in [0.3, 0.4) is 0 Å². The lowest BCUT2D eigenvalue weighted by Gasteiger charge is -2.16. The Morgan fingerprint density at radius 3 is 1.57 bits per heavy atom. The van der Waals surface area contributed by atoms with Gasteiger partial charge in [0.25, 0.3) is 0 Å². The van der Waals surface area contributed by atoms with Gasteiger partial charge >= 0.3 is 5.97 Å². The standard InChI is InChI=1S/C20H34O7Si/c1-28(2,3)27-18-16-25-14-12-23-10-9-22-11-13-24-15-17-26-20(21)19-7-5-4-6-8-19/h4-8H,9-18H2,1-3H3. The van der Waals surface area contributed by atoms with Crippen molar-refractivity contribution >= 4 is 14.3 Å². The van der Waals surface area contributed by atoms with Crippen molar-refractivity contribution in [2.45, 2.75) is 19.6 Å². The van der Waals surface area contributed by atoms with E-state index in [2.05, 4.69) is 19.6 Å². The maximum Gasteiger partial charge on any atom is 0.338 e. The summed E-state index contributed by atoms with van der Waals surface area (Å²) in [5.41, 5.74) is 0.538. The molecule has 0 aliphatic carbocycles. The summed E-state index contributed by atoms with van der Waals surface area (Å²) in [6.45, 7) is 11.3. The monoisotopic (exact) mass is 414 g/mol. The van der Waals surface area contributed by atoms with Crippen LogP contribution in [0.15, 0.2) is 30.3 Å². The van der Waals surface area contributed by atoms with Gasteiger partial charge in [-0.1, -0.05) is 18.2 Å². The van der Waals surface area contributed by atoms with E-state index in [1.54, 1.807) is 24.3 Å². The number of carbonyl (C=O) groups is 1. The van der Waals surface area contributed by atoms with Crippen molar-refractivity contribution in [1.82, 2.24) is 0 Å². The first-order valence-corrected chi connectivity index (χ1v) is 13.1. The smallest absolute Gasteiger partial charge is 0.338 e. The number of carbonyl (C=O) groups excluding carboxylic acids is 1. The molecule has 1 aromatic rings. The highest BCUT2D eigenvalue weighted by Gasteiger charge is 2.13. The number of esters is 1. The van der Waals surface area contributed by atoms with Crippen molar-refractivity contribution in [1.29, 1.82) is 0 Å². The van der Waals surface area contributed by atoms with Crippen LogP contribution in [0.5, 0.6) is 0 Å².